The molecule has 1 aromatic heterocycles. The molecule has 1 aliphatic carbocycles. The number of aliphatic carboxylic acids is 2. The Labute approximate surface area is 276 Å². The van der Waals surface area contributed by atoms with Crippen LogP contribution in [0.2, 0.25) is 10.0 Å². The first-order valence-electron chi connectivity index (χ1n) is 15.3. The smallest absolute Gasteiger partial charge is 0.334 e. The summed E-state index contributed by atoms with van der Waals surface area (Å²) < 4.78 is 0. The number of allylic oxidation sites excluding steroid dienone is 1. The molecule has 1 amide bonds. The predicted octanol–water partition coefficient (Wildman–Crippen LogP) is 4.89. The summed E-state index contributed by atoms with van der Waals surface area (Å²) in [7, 11) is 0. The van der Waals surface area contributed by atoms with Crippen LogP contribution in [0.4, 0.5) is 0 Å². The summed E-state index contributed by atoms with van der Waals surface area (Å²) >= 11 is 14.6. The summed E-state index contributed by atoms with van der Waals surface area (Å²) in [4.78, 5) is 47.8. The minimum atomic E-state index is -1.35. The molecule has 3 aliphatic rings. The number of carbonyl (C=O) groups excluding carboxylic acids is 1. The second kappa shape index (κ2) is 14.6. The highest BCUT2D eigenvalue weighted by atomic mass is 35.5. The molecule has 1 atom stereocenters. The summed E-state index contributed by atoms with van der Waals surface area (Å²) in [6, 6.07) is 4.71. The van der Waals surface area contributed by atoms with E-state index >= 15 is 0 Å². The third-order valence-electron chi connectivity index (χ3n) is 9.31. The molecule has 0 bridgehead atoms. The van der Waals surface area contributed by atoms with Crippen LogP contribution in [0.15, 0.2) is 52.3 Å². The fourth-order valence-electron chi connectivity index (χ4n) is 6.96. The van der Waals surface area contributed by atoms with Gasteiger partial charge in [0.25, 0.3) is 0 Å². The van der Waals surface area contributed by atoms with Crippen LogP contribution in [0.1, 0.15) is 61.4 Å². The quantitative estimate of drug-likeness (QED) is 0.261. The molecule has 2 aliphatic heterocycles. The number of aromatic nitrogens is 1. The van der Waals surface area contributed by atoms with E-state index in [-0.39, 0.29) is 56.6 Å². The number of carboxylic acids is 2. The predicted molar refractivity (Wildman–Crippen MR) is 174 cm³/mol. The van der Waals surface area contributed by atoms with Crippen LogP contribution in [-0.2, 0) is 20.8 Å². The Morgan fingerprint density at radius 3 is 2.20 bits per heavy atom. The van der Waals surface area contributed by atoms with Gasteiger partial charge in [-0.15, -0.1) is 11.3 Å². The number of rotatable bonds is 11. The second-order valence-electron chi connectivity index (χ2n) is 12.1. The molecule has 13 heteroatoms. The van der Waals surface area contributed by atoms with E-state index in [1.807, 2.05) is 5.38 Å². The molecular formula is C32H39Cl2N5O5S. The van der Waals surface area contributed by atoms with Crippen molar-refractivity contribution in [3.63, 3.8) is 0 Å². The number of dihydropyridines is 1. The van der Waals surface area contributed by atoms with Gasteiger partial charge in [-0.1, -0.05) is 48.5 Å². The van der Waals surface area contributed by atoms with Gasteiger partial charge in [0, 0.05) is 77.7 Å². The van der Waals surface area contributed by atoms with Crippen molar-refractivity contribution in [2.75, 3.05) is 39.3 Å². The van der Waals surface area contributed by atoms with Crippen molar-refractivity contribution in [1.82, 2.24) is 20.1 Å². The third kappa shape index (κ3) is 7.55. The molecule has 3 heterocycles. The lowest BCUT2D eigenvalue weighted by atomic mass is 9.73. The van der Waals surface area contributed by atoms with Gasteiger partial charge in [0.2, 0.25) is 5.91 Å². The van der Waals surface area contributed by atoms with Crippen LogP contribution in [0, 0.1) is 5.41 Å². The van der Waals surface area contributed by atoms with Crippen LogP contribution in [0.3, 0.4) is 0 Å². The van der Waals surface area contributed by atoms with Gasteiger partial charge in [-0.2, -0.15) is 0 Å². The van der Waals surface area contributed by atoms with Crippen molar-refractivity contribution in [3.05, 3.63) is 72.9 Å². The number of thiazole rings is 1. The second-order valence-corrected chi connectivity index (χ2v) is 13.9. The number of amides is 1. The minimum Gasteiger partial charge on any atom is -0.478 e. The Kier molecular flexibility index (Phi) is 10.9. The van der Waals surface area contributed by atoms with Gasteiger partial charge in [-0.3, -0.25) is 9.69 Å². The van der Waals surface area contributed by atoms with E-state index in [1.165, 1.54) is 30.6 Å². The fraction of sp³-hybridized carbons (Fsp3) is 0.500. The Morgan fingerprint density at radius 1 is 0.978 bits per heavy atom. The molecule has 45 heavy (non-hydrogen) atoms. The molecule has 2 fully saturated rings. The van der Waals surface area contributed by atoms with Crippen molar-refractivity contribution in [1.29, 1.82) is 0 Å². The van der Waals surface area contributed by atoms with Gasteiger partial charge in [-0.25, -0.2) is 14.6 Å². The van der Waals surface area contributed by atoms with E-state index in [1.54, 1.807) is 29.3 Å². The maximum Gasteiger partial charge on any atom is 0.334 e. The van der Waals surface area contributed by atoms with Gasteiger partial charge in [0.15, 0.2) is 0 Å². The van der Waals surface area contributed by atoms with E-state index in [0.29, 0.717) is 44.8 Å². The maximum atomic E-state index is 13.7. The first-order chi connectivity index (χ1) is 21.6. The van der Waals surface area contributed by atoms with Gasteiger partial charge in [-0.05, 0) is 43.4 Å². The highest BCUT2D eigenvalue weighted by Crippen LogP contribution is 2.45. The number of piperazine rings is 1. The highest BCUT2D eigenvalue weighted by Gasteiger charge is 2.41. The van der Waals surface area contributed by atoms with E-state index in [0.717, 1.165) is 24.4 Å². The molecule has 0 spiro atoms. The molecule has 5 N–H and O–H groups in total. The van der Waals surface area contributed by atoms with E-state index in [4.69, 9.17) is 28.9 Å². The van der Waals surface area contributed by atoms with Crippen molar-refractivity contribution in [2.45, 2.75) is 57.3 Å². The Hall–Kier alpha value is -2.96. The minimum absolute atomic E-state index is 0.135. The summed E-state index contributed by atoms with van der Waals surface area (Å²) in [6.45, 7) is 4.05. The first kappa shape index (κ1) is 33.4. The van der Waals surface area contributed by atoms with Gasteiger partial charge in [0.05, 0.1) is 28.5 Å². The molecule has 0 radical (unpaired) electrons. The molecular weight excluding hydrogens is 637 g/mol. The molecule has 1 saturated heterocycles. The number of hydrogen-bond donors (Lipinski definition) is 4. The third-order valence-corrected chi connectivity index (χ3v) is 10.8. The van der Waals surface area contributed by atoms with Crippen LogP contribution in [0.5, 0.6) is 0 Å². The first-order valence-corrected chi connectivity index (χ1v) is 17.0. The van der Waals surface area contributed by atoms with Crippen molar-refractivity contribution < 1.29 is 24.6 Å². The molecule has 1 saturated carbocycles. The zero-order chi connectivity index (χ0) is 32.1. The van der Waals surface area contributed by atoms with Crippen LogP contribution in [-0.4, -0.2) is 82.1 Å². The number of nitrogens with zero attached hydrogens (tertiary/aromatic N) is 3. The van der Waals surface area contributed by atoms with Crippen LogP contribution >= 0.6 is 34.5 Å². The number of carboxylic acid groups (broad SMARTS) is 2. The Balaban J connectivity index is 1.41. The normalized spacial score (nSPS) is 20.7. The van der Waals surface area contributed by atoms with Gasteiger partial charge in [0.1, 0.15) is 0 Å². The largest absolute Gasteiger partial charge is 0.478 e. The van der Waals surface area contributed by atoms with E-state index < -0.39 is 17.9 Å². The summed E-state index contributed by atoms with van der Waals surface area (Å²) in [5, 5.41) is 26.9. The van der Waals surface area contributed by atoms with Crippen LogP contribution < -0.4 is 11.1 Å². The highest BCUT2D eigenvalue weighted by molar-refractivity contribution is 7.09. The average Bonchev–Trinajstić information content (AvgIpc) is 3.54. The molecule has 10 nitrogen and oxygen atoms in total. The monoisotopic (exact) mass is 675 g/mol. The average molecular weight is 677 g/mol. The molecule has 2 aromatic rings. The van der Waals surface area contributed by atoms with Crippen molar-refractivity contribution >= 4 is 52.4 Å². The number of hydrogen-bond acceptors (Lipinski definition) is 8. The topological polar surface area (TPSA) is 149 Å². The number of carbonyl (C=O) groups is 3. The number of halogens is 2. The Bertz CT molecular complexity index is 1460. The zero-order valence-electron chi connectivity index (χ0n) is 25.1. The SMILES string of the molecule is NCC1(CN2CCN(C(=O)CC3=C(C(=O)O)C(c4c(Cl)cccc4Cl)C(C(=O)O)=C(CCc4nccs4)N3)CC2)CCCCC1. The summed E-state index contributed by atoms with van der Waals surface area (Å²) in [6.07, 6.45) is 8.02. The fourth-order valence-corrected chi connectivity index (χ4v) is 8.19. The van der Waals surface area contributed by atoms with E-state index in [2.05, 4.69) is 15.2 Å². The van der Waals surface area contributed by atoms with Crippen LogP contribution in [0.25, 0.3) is 0 Å². The number of benzene rings is 1. The molecule has 242 valence electrons. The lowest BCUT2D eigenvalue weighted by Crippen LogP contribution is -2.53. The Morgan fingerprint density at radius 2 is 1.62 bits per heavy atom. The molecule has 1 unspecified atom stereocenters. The summed E-state index contributed by atoms with van der Waals surface area (Å²) in [5.41, 5.74) is 6.55. The maximum absolute atomic E-state index is 13.7. The zero-order valence-corrected chi connectivity index (χ0v) is 27.4. The van der Waals surface area contributed by atoms with Crippen molar-refractivity contribution in [3.8, 4) is 0 Å². The van der Waals surface area contributed by atoms with Gasteiger partial charge >= 0.3 is 11.9 Å². The molecule has 5 rings (SSSR count). The number of nitrogens with one attached hydrogen (secondary N) is 1. The lowest BCUT2D eigenvalue weighted by Gasteiger charge is -2.43. The standard InChI is InChI=1S/C32H39Cl2N5O5S/c33-20-5-4-6-21(34)26(20)29-27(30(41)42)22(7-8-24-36-11-16-45-24)37-23(28(29)31(43)44)17-25(40)39-14-12-38(13-15-39)19-32(18-35)9-2-1-3-10-32/h4-6,11,16,29,37H,1-3,7-10,12-15,17-19,35H2,(H,41,42)(H,43,44). The summed E-state index contributed by atoms with van der Waals surface area (Å²) in [5.74, 6) is -4.18. The number of aryl methyl sites for hydroxylation is 1. The van der Waals surface area contributed by atoms with E-state index in [9.17, 15) is 24.6 Å². The lowest BCUT2D eigenvalue weighted by molar-refractivity contribution is -0.133. The van der Waals surface area contributed by atoms with Gasteiger partial charge < -0.3 is 26.2 Å². The van der Waals surface area contributed by atoms with Crippen molar-refractivity contribution in [2.24, 2.45) is 11.1 Å². The number of nitrogens with two attached hydrogens (primary N) is 1. The molecule has 1 aromatic carbocycles.